The molecule has 0 amide bonds. The van der Waals surface area contributed by atoms with Crippen LogP contribution in [0.15, 0.2) is 36.4 Å². The summed E-state index contributed by atoms with van der Waals surface area (Å²) in [6.07, 6.45) is 0.718. The third-order valence-electron chi connectivity index (χ3n) is 3.10. The molecule has 2 aromatic rings. The molecule has 3 nitrogen and oxygen atoms in total. The van der Waals surface area contributed by atoms with E-state index in [1.54, 1.807) is 13.2 Å². The minimum Gasteiger partial charge on any atom is -0.497 e. The van der Waals surface area contributed by atoms with Gasteiger partial charge >= 0.3 is 0 Å². The van der Waals surface area contributed by atoms with Crippen LogP contribution >= 0.6 is 23.2 Å². The molecule has 0 aromatic heterocycles. The number of methoxy groups -OCH3 is 1. The molecule has 0 unspecified atom stereocenters. The van der Waals surface area contributed by atoms with E-state index in [1.165, 1.54) is 0 Å². The van der Waals surface area contributed by atoms with Gasteiger partial charge in [-0.25, -0.2) is 0 Å². The molecule has 0 bridgehead atoms. The Kier molecular flexibility index (Phi) is 5.74. The van der Waals surface area contributed by atoms with E-state index in [4.69, 9.17) is 38.4 Å². The molecule has 0 saturated carbocycles. The van der Waals surface area contributed by atoms with E-state index in [9.17, 15) is 0 Å². The number of nitrogens with two attached hydrogens (primary N) is 1. The van der Waals surface area contributed by atoms with Crippen molar-refractivity contribution in [2.45, 2.75) is 13.0 Å². The van der Waals surface area contributed by atoms with E-state index in [0.717, 1.165) is 29.0 Å². The fourth-order valence-corrected chi connectivity index (χ4v) is 2.36. The van der Waals surface area contributed by atoms with Gasteiger partial charge in [0.05, 0.1) is 17.2 Å². The fraction of sp³-hybridized carbons (Fsp3) is 0.250. The van der Waals surface area contributed by atoms with Crippen molar-refractivity contribution in [3.05, 3.63) is 57.6 Å². The molecule has 0 aliphatic rings. The highest BCUT2D eigenvalue weighted by atomic mass is 35.5. The van der Waals surface area contributed by atoms with Crippen LogP contribution in [0.2, 0.25) is 10.0 Å². The van der Waals surface area contributed by atoms with Crippen LogP contribution in [0.3, 0.4) is 0 Å². The summed E-state index contributed by atoms with van der Waals surface area (Å²) in [5.74, 6) is 1.56. The molecule has 0 aliphatic carbocycles. The molecule has 2 aromatic carbocycles. The van der Waals surface area contributed by atoms with Crippen LogP contribution in [0, 0.1) is 0 Å². The molecule has 0 spiro atoms. The minimum absolute atomic E-state index is 0.350. The highest BCUT2D eigenvalue weighted by Gasteiger charge is 2.08. The first kappa shape index (κ1) is 16.0. The van der Waals surface area contributed by atoms with Crippen molar-refractivity contribution in [1.82, 2.24) is 0 Å². The van der Waals surface area contributed by atoms with Crippen LogP contribution in [0.1, 0.15) is 11.1 Å². The Morgan fingerprint density at radius 1 is 1.10 bits per heavy atom. The maximum atomic E-state index is 6.16. The van der Waals surface area contributed by atoms with Gasteiger partial charge in [-0.15, -0.1) is 0 Å². The summed E-state index contributed by atoms with van der Waals surface area (Å²) in [7, 11) is 1.63. The van der Waals surface area contributed by atoms with E-state index in [1.807, 2.05) is 30.3 Å². The van der Waals surface area contributed by atoms with E-state index < -0.39 is 0 Å². The number of hydrogen-bond acceptors (Lipinski definition) is 3. The van der Waals surface area contributed by atoms with E-state index >= 15 is 0 Å². The Labute approximate surface area is 134 Å². The summed E-state index contributed by atoms with van der Waals surface area (Å²) in [6, 6.07) is 11.2. The van der Waals surface area contributed by atoms with Crippen molar-refractivity contribution in [2.75, 3.05) is 13.7 Å². The normalized spacial score (nSPS) is 10.5. The predicted octanol–water partition coefficient (Wildman–Crippen LogP) is 4.08. The summed E-state index contributed by atoms with van der Waals surface area (Å²) in [5.41, 5.74) is 7.49. The Balaban J connectivity index is 2.17. The number of halogens is 2. The maximum Gasteiger partial charge on any atom is 0.123 e. The molecule has 0 atom stereocenters. The summed E-state index contributed by atoms with van der Waals surface area (Å²) < 4.78 is 11.1. The van der Waals surface area contributed by atoms with Crippen LogP contribution in [0.4, 0.5) is 0 Å². The Hall–Kier alpha value is -1.42. The first-order valence-electron chi connectivity index (χ1n) is 6.58. The minimum atomic E-state index is 0.350. The lowest BCUT2D eigenvalue weighted by Gasteiger charge is -2.13. The van der Waals surface area contributed by atoms with Gasteiger partial charge in [-0.3, -0.25) is 0 Å². The van der Waals surface area contributed by atoms with Gasteiger partial charge in [-0.05, 0) is 42.8 Å². The molecule has 0 aliphatic heterocycles. The van der Waals surface area contributed by atoms with Gasteiger partial charge in [0.2, 0.25) is 0 Å². The number of rotatable bonds is 6. The van der Waals surface area contributed by atoms with Crippen LogP contribution < -0.4 is 15.2 Å². The first-order chi connectivity index (χ1) is 10.2. The second kappa shape index (κ2) is 7.55. The standard InChI is InChI=1S/C16H17Cl2NO2/c1-20-13-5-6-15(11(9-13)7-8-19)21-10-12-3-2-4-14(17)16(12)18/h2-6,9H,7-8,10,19H2,1H3. The Bertz CT molecular complexity index is 617. The monoisotopic (exact) mass is 325 g/mol. The first-order valence-corrected chi connectivity index (χ1v) is 7.34. The predicted molar refractivity (Wildman–Crippen MR) is 86.5 cm³/mol. The van der Waals surface area contributed by atoms with Crippen molar-refractivity contribution in [3.63, 3.8) is 0 Å². The van der Waals surface area contributed by atoms with Crippen LogP contribution in [0.25, 0.3) is 0 Å². The van der Waals surface area contributed by atoms with Gasteiger partial charge in [0.1, 0.15) is 18.1 Å². The third-order valence-corrected chi connectivity index (χ3v) is 3.95. The van der Waals surface area contributed by atoms with Crippen molar-refractivity contribution in [3.8, 4) is 11.5 Å². The zero-order chi connectivity index (χ0) is 15.2. The zero-order valence-electron chi connectivity index (χ0n) is 11.7. The number of hydrogen-bond donors (Lipinski definition) is 1. The van der Waals surface area contributed by atoms with Crippen LogP contribution in [-0.2, 0) is 13.0 Å². The SMILES string of the molecule is COc1ccc(OCc2cccc(Cl)c2Cl)c(CCN)c1. The molecular formula is C16H17Cl2NO2. The molecule has 2 N–H and O–H groups in total. The molecule has 0 radical (unpaired) electrons. The zero-order valence-corrected chi connectivity index (χ0v) is 13.2. The largest absolute Gasteiger partial charge is 0.497 e. The highest BCUT2D eigenvalue weighted by Crippen LogP contribution is 2.29. The van der Waals surface area contributed by atoms with Gasteiger partial charge < -0.3 is 15.2 Å². The van der Waals surface area contributed by atoms with E-state index in [-0.39, 0.29) is 0 Å². The summed E-state index contributed by atoms with van der Waals surface area (Å²) in [6.45, 7) is 0.894. The van der Waals surface area contributed by atoms with Crippen molar-refractivity contribution < 1.29 is 9.47 Å². The molecule has 5 heteroatoms. The van der Waals surface area contributed by atoms with Gasteiger partial charge in [0, 0.05) is 5.56 Å². The third kappa shape index (κ3) is 4.03. The van der Waals surface area contributed by atoms with Crippen LogP contribution in [0.5, 0.6) is 11.5 Å². The molecule has 0 fully saturated rings. The molecule has 2 rings (SSSR count). The van der Waals surface area contributed by atoms with Crippen LogP contribution in [-0.4, -0.2) is 13.7 Å². The second-order valence-corrected chi connectivity index (χ2v) is 5.30. The highest BCUT2D eigenvalue weighted by molar-refractivity contribution is 6.42. The molecule has 112 valence electrons. The molecular weight excluding hydrogens is 309 g/mol. The average Bonchev–Trinajstić information content (AvgIpc) is 2.50. The summed E-state index contributed by atoms with van der Waals surface area (Å²) >= 11 is 12.2. The van der Waals surface area contributed by atoms with Gasteiger partial charge in [0.25, 0.3) is 0 Å². The summed E-state index contributed by atoms with van der Waals surface area (Å²) in [4.78, 5) is 0. The average molecular weight is 326 g/mol. The van der Waals surface area contributed by atoms with E-state index in [2.05, 4.69) is 0 Å². The smallest absolute Gasteiger partial charge is 0.123 e. The Morgan fingerprint density at radius 2 is 1.90 bits per heavy atom. The van der Waals surface area contributed by atoms with E-state index in [0.29, 0.717) is 23.2 Å². The van der Waals surface area contributed by atoms with Crippen molar-refractivity contribution in [2.24, 2.45) is 5.73 Å². The van der Waals surface area contributed by atoms with Crippen molar-refractivity contribution in [1.29, 1.82) is 0 Å². The second-order valence-electron chi connectivity index (χ2n) is 4.51. The lowest BCUT2D eigenvalue weighted by atomic mass is 10.1. The van der Waals surface area contributed by atoms with Gasteiger partial charge in [-0.1, -0.05) is 35.3 Å². The van der Waals surface area contributed by atoms with Gasteiger partial charge in [0.15, 0.2) is 0 Å². The Morgan fingerprint density at radius 3 is 2.62 bits per heavy atom. The maximum absolute atomic E-state index is 6.16. The quantitative estimate of drug-likeness (QED) is 0.870. The number of benzene rings is 2. The topological polar surface area (TPSA) is 44.5 Å². The molecule has 0 heterocycles. The van der Waals surface area contributed by atoms with Crippen molar-refractivity contribution >= 4 is 23.2 Å². The number of ether oxygens (including phenoxy) is 2. The molecule has 21 heavy (non-hydrogen) atoms. The lowest BCUT2D eigenvalue weighted by Crippen LogP contribution is -2.06. The summed E-state index contributed by atoms with van der Waals surface area (Å²) in [5, 5.41) is 1.04. The van der Waals surface area contributed by atoms with Gasteiger partial charge in [-0.2, -0.15) is 0 Å². The molecule has 0 saturated heterocycles. The fourth-order valence-electron chi connectivity index (χ4n) is 1.99. The lowest BCUT2D eigenvalue weighted by molar-refractivity contribution is 0.302.